The van der Waals surface area contributed by atoms with Crippen LogP contribution in [0, 0.1) is 0 Å². The van der Waals surface area contributed by atoms with Crippen LogP contribution in [-0.4, -0.2) is 30.3 Å². The number of carbonyl (C=O) groups excluding carboxylic acids is 1. The molecule has 0 saturated heterocycles. The summed E-state index contributed by atoms with van der Waals surface area (Å²) >= 11 is 0. The highest BCUT2D eigenvalue weighted by Crippen LogP contribution is 2.18. The zero-order valence-corrected chi connectivity index (χ0v) is 17.7. The van der Waals surface area contributed by atoms with Crippen molar-refractivity contribution in [3.05, 3.63) is 71.9 Å². The summed E-state index contributed by atoms with van der Waals surface area (Å²) in [6.07, 6.45) is 3.59. The second-order valence-corrected chi connectivity index (χ2v) is 7.14. The van der Waals surface area contributed by atoms with E-state index in [2.05, 4.69) is 18.0 Å². The van der Waals surface area contributed by atoms with E-state index in [4.69, 9.17) is 14.2 Å². The molecule has 0 saturated carbocycles. The average Bonchev–Trinajstić information content (AvgIpc) is 2.78. The Morgan fingerprint density at radius 1 is 1.03 bits per heavy atom. The summed E-state index contributed by atoms with van der Waals surface area (Å²) in [7, 11) is 0. The van der Waals surface area contributed by atoms with Gasteiger partial charge in [0.15, 0.2) is 6.10 Å². The van der Waals surface area contributed by atoms with Crippen LogP contribution in [0.4, 0.5) is 0 Å². The molecule has 0 N–H and O–H groups in total. The monoisotopic (exact) mass is 407 g/mol. The number of ether oxygens (including phenoxy) is 3. The molecule has 1 atom stereocenters. The number of aromatic nitrogens is 1. The van der Waals surface area contributed by atoms with Crippen LogP contribution >= 0.6 is 0 Å². The number of esters is 1. The lowest BCUT2D eigenvalue weighted by Crippen LogP contribution is -2.29. The van der Waals surface area contributed by atoms with Crippen LogP contribution in [-0.2, 0) is 27.3 Å². The van der Waals surface area contributed by atoms with Crippen molar-refractivity contribution in [2.75, 3.05) is 13.2 Å². The number of para-hydroxylation sites is 1. The molecular formula is C25H29NO4. The number of hydrogen-bond acceptors (Lipinski definition) is 5. The summed E-state index contributed by atoms with van der Waals surface area (Å²) in [6.45, 7) is 5.30. The molecule has 5 nitrogen and oxygen atoms in total. The van der Waals surface area contributed by atoms with Crippen LogP contribution in [0.3, 0.4) is 0 Å². The summed E-state index contributed by atoms with van der Waals surface area (Å²) in [4.78, 5) is 16.7. The van der Waals surface area contributed by atoms with Gasteiger partial charge in [-0.25, -0.2) is 4.79 Å². The Labute approximate surface area is 178 Å². The number of hydrogen-bond donors (Lipinski definition) is 0. The number of rotatable bonds is 11. The van der Waals surface area contributed by atoms with Gasteiger partial charge in [-0.1, -0.05) is 43.7 Å². The predicted molar refractivity (Wildman–Crippen MR) is 118 cm³/mol. The Kier molecular flexibility index (Phi) is 8.21. The number of unbranched alkanes of at least 4 members (excludes halogenated alkanes) is 1. The first kappa shape index (κ1) is 21.8. The van der Waals surface area contributed by atoms with E-state index in [0.717, 1.165) is 40.6 Å². The van der Waals surface area contributed by atoms with Crippen molar-refractivity contribution in [3.8, 4) is 5.75 Å². The highest BCUT2D eigenvalue weighted by Gasteiger charge is 2.20. The van der Waals surface area contributed by atoms with Crippen molar-refractivity contribution in [3.63, 3.8) is 0 Å². The fraction of sp³-hybridized carbons (Fsp3) is 0.360. The normalized spacial score (nSPS) is 11.9. The van der Waals surface area contributed by atoms with Crippen LogP contribution < -0.4 is 4.74 Å². The topological polar surface area (TPSA) is 57.7 Å². The maximum Gasteiger partial charge on any atom is 0.335 e. The SMILES string of the molecule is CCCCOC(=O)C(Cc1ccc(OCc2cnc3ccccc3c2)cc1)OCC. The van der Waals surface area contributed by atoms with Gasteiger partial charge in [-0.15, -0.1) is 0 Å². The first-order valence-electron chi connectivity index (χ1n) is 10.5. The molecule has 0 fully saturated rings. The fourth-order valence-electron chi connectivity index (χ4n) is 3.12. The molecule has 0 aliphatic rings. The van der Waals surface area contributed by atoms with Gasteiger partial charge in [0.1, 0.15) is 12.4 Å². The number of fused-ring (bicyclic) bond motifs is 1. The minimum atomic E-state index is -0.581. The van der Waals surface area contributed by atoms with Crippen LogP contribution in [0.2, 0.25) is 0 Å². The summed E-state index contributed by atoms with van der Waals surface area (Å²) < 4.78 is 16.8. The first-order valence-corrected chi connectivity index (χ1v) is 10.5. The number of benzene rings is 2. The third-order valence-electron chi connectivity index (χ3n) is 4.77. The van der Waals surface area contributed by atoms with E-state index < -0.39 is 6.10 Å². The van der Waals surface area contributed by atoms with E-state index in [0.29, 0.717) is 26.2 Å². The lowest BCUT2D eigenvalue weighted by atomic mass is 10.1. The highest BCUT2D eigenvalue weighted by molar-refractivity contribution is 5.78. The number of carbonyl (C=O) groups is 1. The lowest BCUT2D eigenvalue weighted by molar-refractivity contribution is -0.157. The molecule has 0 spiro atoms. The van der Waals surface area contributed by atoms with Crippen LogP contribution in [0.5, 0.6) is 5.75 Å². The molecule has 1 unspecified atom stereocenters. The molecule has 0 amide bonds. The zero-order valence-electron chi connectivity index (χ0n) is 17.7. The van der Waals surface area contributed by atoms with Gasteiger partial charge in [0, 0.05) is 30.2 Å². The van der Waals surface area contributed by atoms with Gasteiger partial charge in [-0.2, -0.15) is 0 Å². The van der Waals surface area contributed by atoms with E-state index >= 15 is 0 Å². The summed E-state index contributed by atoms with van der Waals surface area (Å²) in [6, 6.07) is 17.9. The van der Waals surface area contributed by atoms with Crippen molar-refractivity contribution in [2.45, 2.75) is 45.8 Å². The molecule has 2 aromatic carbocycles. The standard InChI is InChI=1S/C25H29NO4/c1-3-5-14-29-25(27)24(28-4-2)16-19-10-12-22(13-11-19)30-18-20-15-21-8-6-7-9-23(21)26-17-20/h6-13,15,17,24H,3-5,14,16,18H2,1-2H3. The minimum Gasteiger partial charge on any atom is -0.489 e. The third kappa shape index (κ3) is 6.29. The Balaban J connectivity index is 1.55. The third-order valence-corrected chi connectivity index (χ3v) is 4.77. The second-order valence-electron chi connectivity index (χ2n) is 7.14. The maximum absolute atomic E-state index is 12.3. The molecule has 30 heavy (non-hydrogen) atoms. The smallest absolute Gasteiger partial charge is 0.335 e. The lowest BCUT2D eigenvalue weighted by Gasteiger charge is -2.16. The van der Waals surface area contributed by atoms with Gasteiger partial charge in [0.05, 0.1) is 12.1 Å². The highest BCUT2D eigenvalue weighted by atomic mass is 16.6. The molecule has 0 bridgehead atoms. The van der Waals surface area contributed by atoms with Gasteiger partial charge in [-0.3, -0.25) is 4.98 Å². The molecule has 1 aromatic heterocycles. The molecule has 0 radical (unpaired) electrons. The molecule has 0 aliphatic heterocycles. The van der Waals surface area contributed by atoms with Gasteiger partial charge in [-0.05, 0) is 43.2 Å². The van der Waals surface area contributed by atoms with E-state index in [1.807, 2.05) is 61.7 Å². The molecule has 3 aromatic rings. The molecule has 158 valence electrons. The van der Waals surface area contributed by atoms with E-state index in [9.17, 15) is 4.79 Å². The van der Waals surface area contributed by atoms with Crippen LogP contribution in [0.15, 0.2) is 60.8 Å². The minimum absolute atomic E-state index is 0.297. The molecule has 3 rings (SSSR count). The largest absolute Gasteiger partial charge is 0.489 e. The van der Waals surface area contributed by atoms with Crippen molar-refractivity contribution < 1.29 is 19.0 Å². The quantitative estimate of drug-likeness (QED) is 0.327. The van der Waals surface area contributed by atoms with Crippen LogP contribution in [0.25, 0.3) is 10.9 Å². The van der Waals surface area contributed by atoms with Crippen molar-refractivity contribution in [2.24, 2.45) is 0 Å². The Morgan fingerprint density at radius 3 is 2.60 bits per heavy atom. The Hall–Kier alpha value is -2.92. The van der Waals surface area contributed by atoms with Gasteiger partial charge in [0.25, 0.3) is 0 Å². The first-order chi connectivity index (χ1) is 14.7. The summed E-state index contributed by atoms with van der Waals surface area (Å²) in [5, 5.41) is 1.10. The summed E-state index contributed by atoms with van der Waals surface area (Å²) in [5.74, 6) is 0.472. The second kappa shape index (κ2) is 11.3. The zero-order chi connectivity index (χ0) is 21.2. The maximum atomic E-state index is 12.3. The molecule has 1 heterocycles. The summed E-state index contributed by atoms with van der Waals surface area (Å²) in [5.41, 5.74) is 2.99. The molecule has 0 aliphatic carbocycles. The number of pyridine rings is 1. The van der Waals surface area contributed by atoms with E-state index in [-0.39, 0.29) is 5.97 Å². The van der Waals surface area contributed by atoms with Gasteiger partial charge >= 0.3 is 5.97 Å². The predicted octanol–water partition coefficient (Wildman–Crippen LogP) is 5.10. The Bertz CT molecular complexity index is 939. The molecular weight excluding hydrogens is 378 g/mol. The van der Waals surface area contributed by atoms with Crippen LogP contribution in [0.1, 0.15) is 37.8 Å². The Morgan fingerprint density at radius 2 is 1.83 bits per heavy atom. The fourth-order valence-corrected chi connectivity index (χ4v) is 3.12. The van der Waals surface area contributed by atoms with Crippen molar-refractivity contribution >= 4 is 16.9 Å². The van der Waals surface area contributed by atoms with Gasteiger partial charge in [0.2, 0.25) is 0 Å². The van der Waals surface area contributed by atoms with E-state index in [1.54, 1.807) is 0 Å². The molecule has 5 heteroatoms. The van der Waals surface area contributed by atoms with Gasteiger partial charge < -0.3 is 14.2 Å². The van der Waals surface area contributed by atoms with Crippen molar-refractivity contribution in [1.29, 1.82) is 0 Å². The average molecular weight is 408 g/mol. The number of nitrogens with zero attached hydrogens (tertiary/aromatic N) is 1. The van der Waals surface area contributed by atoms with Crippen molar-refractivity contribution in [1.82, 2.24) is 4.98 Å². The van der Waals surface area contributed by atoms with E-state index in [1.165, 1.54) is 0 Å².